The largest absolute Gasteiger partial charge is 0.447 e. The number of aromatic nitrogens is 3. The molecule has 1 aliphatic heterocycles. The molecule has 7 heteroatoms. The standard InChI is InChI=1S/C27H32N4O2S/c1-7-9-12-34-27-28-25-23(29-30-27)21-14-16(3)13-19(6)24(21)31(22(32)8-2)26(33-25)20-11-10-17(4)18(5)15-20/h10-11,13-15,26H,7-9,12H2,1-6H3/t26-/m0/s1. The molecule has 2 heterocycles. The highest BCUT2D eigenvalue weighted by Gasteiger charge is 2.36. The smallest absolute Gasteiger partial charge is 0.247 e. The van der Waals surface area contributed by atoms with Gasteiger partial charge >= 0.3 is 0 Å². The van der Waals surface area contributed by atoms with Crippen LogP contribution < -0.4 is 9.64 Å². The van der Waals surface area contributed by atoms with Crippen LogP contribution in [0.15, 0.2) is 35.5 Å². The van der Waals surface area contributed by atoms with Crippen molar-refractivity contribution >= 4 is 23.4 Å². The highest BCUT2D eigenvalue weighted by molar-refractivity contribution is 7.99. The van der Waals surface area contributed by atoms with Gasteiger partial charge in [-0.25, -0.2) is 0 Å². The zero-order chi connectivity index (χ0) is 24.4. The van der Waals surface area contributed by atoms with Crippen molar-refractivity contribution in [3.63, 3.8) is 0 Å². The number of amides is 1. The van der Waals surface area contributed by atoms with Crippen molar-refractivity contribution in [3.05, 3.63) is 58.1 Å². The van der Waals surface area contributed by atoms with E-state index in [9.17, 15) is 4.79 Å². The molecule has 2 aromatic carbocycles. The maximum Gasteiger partial charge on any atom is 0.247 e. The highest BCUT2D eigenvalue weighted by Crippen LogP contribution is 2.46. The molecule has 178 valence electrons. The average Bonchev–Trinajstić information content (AvgIpc) is 2.95. The normalized spacial score (nSPS) is 14.8. The molecule has 0 saturated heterocycles. The van der Waals surface area contributed by atoms with E-state index in [0.717, 1.165) is 52.1 Å². The molecule has 3 aromatic rings. The molecule has 0 spiro atoms. The molecule has 0 bridgehead atoms. The third-order valence-corrected chi connectivity index (χ3v) is 7.07. The number of thioether (sulfide) groups is 1. The fourth-order valence-corrected chi connectivity index (χ4v) is 5.08. The van der Waals surface area contributed by atoms with Gasteiger partial charge in [0.05, 0.1) is 5.69 Å². The third-order valence-electron chi connectivity index (χ3n) is 6.15. The first kappa shape index (κ1) is 24.2. The Balaban J connectivity index is 1.95. The van der Waals surface area contributed by atoms with Gasteiger partial charge in [0.1, 0.15) is 0 Å². The summed E-state index contributed by atoms with van der Waals surface area (Å²) in [6.45, 7) is 12.3. The molecule has 1 atom stereocenters. The molecule has 0 radical (unpaired) electrons. The minimum atomic E-state index is -0.654. The van der Waals surface area contributed by atoms with Gasteiger partial charge in [-0.3, -0.25) is 9.69 Å². The number of nitrogens with zero attached hydrogens (tertiary/aromatic N) is 4. The quantitative estimate of drug-likeness (QED) is 0.299. The number of ether oxygens (including phenoxy) is 1. The number of rotatable bonds is 6. The highest BCUT2D eigenvalue weighted by atomic mass is 32.2. The predicted octanol–water partition coefficient (Wildman–Crippen LogP) is 6.50. The van der Waals surface area contributed by atoms with Crippen LogP contribution in [0.25, 0.3) is 11.3 Å². The van der Waals surface area contributed by atoms with Crippen molar-refractivity contribution in [1.29, 1.82) is 0 Å². The van der Waals surface area contributed by atoms with Crippen LogP contribution >= 0.6 is 11.8 Å². The summed E-state index contributed by atoms with van der Waals surface area (Å²) in [5.74, 6) is 1.32. The van der Waals surface area contributed by atoms with Crippen molar-refractivity contribution in [2.24, 2.45) is 0 Å². The third kappa shape index (κ3) is 4.67. The van der Waals surface area contributed by atoms with Crippen LogP contribution in [0.3, 0.4) is 0 Å². The summed E-state index contributed by atoms with van der Waals surface area (Å²) < 4.78 is 6.58. The summed E-state index contributed by atoms with van der Waals surface area (Å²) in [4.78, 5) is 20.0. The number of hydrogen-bond donors (Lipinski definition) is 0. The number of carbonyl (C=O) groups is 1. The Morgan fingerprint density at radius 1 is 1.03 bits per heavy atom. The van der Waals surface area contributed by atoms with Crippen molar-refractivity contribution < 1.29 is 9.53 Å². The van der Waals surface area contributed by atoms with E-state index in [1.165, 1.54) is 5.56 Å². The molecule has 4 rings (SSSR count). The molecule has 34 heavy (non-hydrogen) atoms. The summed E-state index contributed by atoms with van der Waals surface area (Å²) in [5, 5.41) is 9.55. The van der Waals surface area contributed by atoms with Gasteiger partial charge in [0, 0.05) is 23.3 Å². The minimum Gasteiger partial charge on any atom is -0.447 e. The van der Waals surface area contributed by atoms with Gasteiger partial charge < -0.3 is 4.74 Å². The van der Waals surface area contributed by atoms with E-state index < -0.39 is 6.23 Å². The lowest BCUT2D eigenvalue weighted by molar-refractivity contribution is -0.120. The Kier molecular flexibility index (Phi) is 7.22. The van der Waals surface area contributed by atoms with Crippen LogP contribution in [0.5, 0.6) is 5.88 Å². The van der Waals surface area contributed by atoms with Gasteiger partial charge in [0.15, 0.2) is 5.69 Å². The molecule has 1 aliphatic rings. The van der Waals surface area contributed by atoms with Crippen LogP contribution in [-0.4, -0.2) is 26.8 Å². The Hall–Kier alpha value is -2.93. The van der Waals surface area contributed by atoms with E-state index in [1.807, 2.05) is 32.9 Å². The number of hydrogen-bond acceptors (Lipinski definition) is 6. The molecule has 0 aliphatic carbocycles. The number of aryl methyl sites for hydroxylation is 4. The zero-order valence-corrected chi connectivity index (χ0v) is 21.6. The number of unbranched alkanes of at least 4 members (excludes halogenated alkanes) is 1. The van der Waals surface area contributed by atoms with Gasteiger partial charge in [-0.15, -0.1) is 10.2 Å². The molecule has 0 unspecified atom stereocenters. The maximum absolute atomic E-state index is 13.4. The fraction of sp³-hybridized carbons (Fsp3) is 0.407. The molecule has 0 fully saturated rings. The van der Waals surface area contributed by atoms with Crippen molar-refractivity contribution in [3.8, 4) is 17.1 Å². The van der Waals surface area contributed by atoms with Crippen molar-refractivity contribution in [2.75, 3.05) is 10.7 Å². The SMILES string of the molecule is CCCCSc1nnc2c(n1)O[C@@H](c1ccc(C)c(C)c1)N(C(=O)CC)c1c(C)cc(C)cc1-2. The van der Waals surface area contributed by atoms with Gasteiger partial charge in [0.2, 0.25) is 23.2 Å². The van der Waals surface area contributed by atoms with E-state index in [1.54, 1.807) is 16.7 Å². The lowest BCUT2D eigenvalue weighted by Gasteiger charge is -2.32. The monoisotopic (exact) mass is 476 g/mol. The van der Waals surface area contributed by atoms with Gasteiger partial charge in [0.25, 0.3) is 0 Å². The molecule has 6 nitrogen and oxygen atoms in total. The number of anilines is 1. The summed E-state index contributed by atoms with van der Waals surface area (Å²) in [6.07, 6.45) is 1.89. The van der Waals surface area contributed by atoms with E-state index >= 15 is 0 Å². The molecule has 1 aromatic heterocycles. The zero-order valence-electron chi connectivity index (χ0n) is 20.8. The van der Waals surface area contributed by atoms with Crippen LogP contribution in [0.1, 0.15) is 67.2 Å². The van der Waals surface area contributed by atoms with Crippen molar-refractivity contribution in [2.45, 2.75) is 72.2 Å². The summed E-state index contributed by atoms with van der Waals surface area (Å²) in [7, 11) is 0. The Morgan fingerprint density at radius 2 is 1.82 bits per heavy atom. The van der Waals surface area contributed by atoms with Crippen molar-refractivity contribution in [1.82, 2.24) is 15.2 Å². The molecular weight excluding hydrogens is 444 g/mol. The van der Waals surface area contributed by atoms with Gasteiger partial charge in [-0.05, 0) is 56.9 Å². The second-order valence-corrected chi connectivity index (χ2v) is 9.92. The number of benzene rings is 2. The second kappa shape index (κ2) is 10.1. The Labute approximate surface area is 206 Å². The van der Waals surface area contributed by atoms with E-state index in [2.05, 4.69) is 49.2 Å². The van der Waals surface area contributed by atoms with Crippen LogP contribution in [0, 0.1) is 27.7 Å². The first-order chi connectivity index (χ1) is 16.3. The van der Waals surface area contributed by atoms with Crippen LogP contribution in [-0.2, 0) is 4.79 Å². The fourth-order valence-electron chi connectivity index (χ4n) is 4.22. The van der Waals surface area contributed by atoms with E-state index in [0.29, 0.717) is 23.2 Å². The molecular formula is C27H32N4O2S. The summed E-state index contributed by atoms with van der Waals surface area (Å²) in [5.41, 5.74) is 7.52. The number of carbonyl (C=O) groups excluding carboxylic acids is 1. The molecule has 0 N–H and O–H groups in total. The molecule has 1 amide bonds. The summed E-state index contributed by atoms with van der Waals surface area (Å²) >= 11 is 1.58. The second-order valence-electron chi connectivity index (χ2n) is 8.86. The van der Waals surface area contributed by atoms with E-state index in [-0.39, 0.29) is 5.91 Å². The Morgan fingerprint density at radius 3 is 2.53 bits per heavy atom. The average molecular weight is 477 g/mol. The lowest BCUT2D eigenvalue weighted by atomic mass is 9.99. The van der Waals surface area contributed by atoms with Gasteiger partial charge in [-0.1, -0.05) is 61.9 Å². The Bertz CT molecular complexity index is 1230. The lowest BCUT2D eigenvalue weighted by Crippen LogP contribution is -2.37. The predicted molar refractivity (Wildman–Crippen MR) is 137 cm³/mol. The van der Waals surface area contributed by atoms with Gasteiger partial charge in [-0.2, -0.15) is 4.98 Å². The first-order valence-corrected chi connectivity index (χ1v) is 12.9. The maximum atomic E-state index is 13.4. The van der Waals surface area contributed by atoms with E-state index in [4.69, 9.17) is 9.72 Å². The minimum absolute atomic E-state index is 0.0188. The topological polar surface area (TPSA) is 68.2 Å². The summed E-state index contributed by atoms with van der Waals surface area (Å²) in [6, 6.07) is 10.3. The number of fused-ring (bicyclic) bond motifs is 3. The first-order valence-electron chi connectivity index (χ1n) is 11.9. The molecule has 0 saturated carbocycles. The van der Waals surface area contributed by atoms with Crippen LogP contribution in [0.4, 0.5) is 5.69 Å². The van der Waals surface area contributed by atoms with Crippen LogP contribution in [0.2, 0.25) is 0 Å².